The molecule has 0 aromatic heterocycles. The molecule has 16 N–H and O–H groups in total. The molecule has 0 heterocycles. The van der Waals surface area contributed by atoms with E-state index in [1.807, 2.05) is 13.8 Å². The van der Waals surface area contributed by atoms with Gasteiger partial charge in [0.1, 0.15) is 36.3 Å². The maximum absolute atomic E-state index is 13.7. The average Bonchev–Trinajstić information content (AvgIpc) is 3.20. The smallest absolute Gasteiger partial charge is 0.326 e. The van der Waals surface area contributed by atoms with Crippen LogP contribution in [0, 0.1) is 17.8 Å². The number of rotatable bonds is 33. The van der Waals surface area contributed by atoms with Crippen LogP contribution >= 0.6 is 11.8 Å². The van der Waals surface area contributed by atoms with E-state index < -0.39 is 164 Å². The van der Waals surface area contributed by atoms with Crippen molar-refractivity contribution in [3.05, 3.63) is 0 Å². The molecule has 10 amide bonds. The Balaban J connectivity index is 6.11. The largest absolute Gasteiger partial charge is 0.481 e. The topological polar surface area (TPSA) is 420 Å². The van der Waals surface area contributed by atoms with Crippen molar-refractivity contribution < 1.29 is 67.7 Å². The number of nitrogens with one attached hydrogen (secondary N) is 8. The first-order valence-electron chi connectivity index (χ1n) is 21.3. The van der Waals surface area contributed by atoms with Gasteiger partial charge in [-0.3, -0.25) is 52.7 Å². The first-order chi connectivity index (χ1) is 30.7. The highest BCUT2D eigenvalue weighted by Gasteiger charge is 2.33. The maximum atomic E-state index is 13.7. The zero-order valence-electron chi connectivity index (χ0n) is 38.5. The number of aliphatic carboxylic acids is 2. The van der Waals surface area contributed by atoms with Gasteiger partial charge in [-0.2, -0.15) is 11.8 Å². The number of carboxylic acids is 2. The maximum Gasteiger partial charge on any atom is 0.326 e. The van der Waals surface area contributed by atoms with E-state index in [9.17, 15) is 67.7 Å². The van der Waals surface area contributed by atoms with Crippen molar-refractivity contribution >= 4 is 82.8 Å². The summed E-state index contributed by atoms with van der Waals surface area (Å²) < 4.78 is 0. The Morgan fingerprint density at radius 2 is 0.955 bits per heavy atom. The van der Waals surface area contributed by atoms with Crippen molar-refractivity contribution in [2.45, 2.75) is 135 Å². The number of nitrogens with two attached hydrogens (primary N) is 3. The lowest BCUT2D eigenvalue weighted by atomic mass is 10.0. The molecule has 26 heteroatoms. The Labute approximate surface area is 387 Å². The molecular weight excluding hydrogens is 891 g/mol. The van der Waals surface area contributed by atoms with Gasteiger partial charge >= 0.3 is 11.9 Å². The lowest BCUT2D eigenvalue weighted by molar-refractivity contribution is -0.143. The SMILES string of the molecule is CSCC[C@H](NC(=O)[C@@H](N)CC(C)C)C(=O)NCC(=O)N[C@@H](CCC(=O)O)C(=O)N[C@@H](CCC(N)=O)C(=O)N[C@@H](CC(C)C)C(=O)NCC(=O)N[C@@H](CC(N)=O)C(=O)N[C@H](C(=O)O)C(C)C. The van der Waals surface area contributed by atoms with Crippen LogP contribution in [0.1, 0.15) is 92.9 Å². The number of thioether (sulfide) groups is 1. The quantitative estimate of drug-likeness (QED) is 0.0299. The average molecular weight is 960 g/mol. The Morgan fingerprint density at radius 3 is 1.41 bits per heavy atom. The number of amides is 10. The van der Waals surface area contributed by atoms with E-state index in [4.69, 9.17) is 17.2 Å². The van der Waals surface area contributed by atoms with Gasteiger partial charge in [-0.15, -0.1) is 0 Å². The van der Waals surface area contributed by atoms with E-state index in [1.165, 1.54) is 25.6 Å². The normalized spacial score (nSPS) is 14.2. The second-order valence-corrected chi connectivity index (χ2v) is 17.7. The van der Waals surface area contributed by atoms with Gasteiger partial charge in [-0.1, -0.05) is 41.5 Å². The van der Waals surface area contributed by atoms with Gasteiger partial charge in [0, 0.05) is 12.8 Å². The molecule has 7 atom stereocenters. The standard InChI is InChI=1S/C40H69N11O14S/c1-19(2)14-22(41)34(58)48-25(12-13-66-7)35(59)44-17-30(54)46-23(9-11-32(56)57)37(61)49-24(8-10-28(42)52)38(62)50-26(15-20(3)4)36(60)45-18-31(55)47-27(16-29(43)53)39(63)51-33(21(5)6)40(64)65/h19-27,33H,8-18,41H2,1-7H3,(H2,42,52)(H2,43,53)(H,44,59)(H,45,60)(H,46,54)(H,47,55)(H,48,58)(H,49,61)(H,50,62)(H,51,63)(H,56,57)(H,64,65)/t22-,23-,24-,25-,26-,27-,33-/m0/s1. The minimum atomic E-state index is -1.61. The van der Waals surface area contributed by atoms with Gasteiger partial charge < -0.3 is 69.9 Å². The zero-order valence-corrected chi connectivity index (χ0v) is 39.3. The molecule has 0 rings (SSSR count). The molecule has 0 aliphatic rings. The molecule has 0 aliphatic carbocycles. The highest BCUT2D eigenvalue weighted by Crippen LogP contribution is 2.10. The molecule has 25 nitrogen and oxygen atoms in total. The van der Waals surface area contributed by atoms with Crippen molar-refractivity contribution in [3.8, 4) is 0 Å². The third-order valence-electron chi connectivity index (χ3n) is 9.39. The minimum absolute atomic E-state index is 0.0380. The van der Waals surface area contributed by atoms with E-state index in [0.29, 0.717) is 12.2 Å². The summed E-state index contributed by atoms with van der Waals surface area (Å²) in [6.45, 7) is 8.66. The number of hydrogen-bond donors (Lipinski definition) is 13. The third kappa shape index (κ3) is 25.4. The molecule has 0 spiro atoms. The van der Waals surface area contributed by atoms with Crippen molar-refractivity contribution in [1.29, 1.82) is 0 Å². The van der Waals surface area contributed by atoms with Crippen LogP contribution in [-0.2, 0) is 57.5 Å². The summed E-state index contributed by atoms with van der Waals surface area (Å²) in [4.78, 5) is 152. The Bertz CT molecular complexity index is 1730. The van der Waals surface area contributed by atoms with E-state index in [1.54, 1.807) is 20.1 Å². The van der Waals surface area contributed by atoms with Gasteiger partial charge in [0.25, 0.3) is 0 Å². The monoisotopic (exact) mass is 959 g/mol. The lowest BCUT2D eigenvalue weighted by Gasteiger charge is -2.26. The summed E-state index contributed by atoms with van der Waals surface area (Å²) in [5.41, 5.74) is 16.5. The molecule has 0 bridgehead atoms. The second kappa shape index (κ2) is 31.0. The molecule has 0 unspecified atom stereocenters. The van der Waals surface area contributed by atoms with Gasteiger partial charge in [0.2, 0.25) is 59.1 Å². The summed E-state index contributed by atoms with van der Waals surface area (Å²) in [7, 11) is 0. The number of hydrogen-bond acceptors (Lipinski definition) is 14. The van der Waals surface area contributed by atoms with Crippen LogP contribution in [0.25, 0.3) is 0 Å². The van der Waals surface area contributed by atoms with Crippen LogP contribution < -0.4 is 59.7 Å². The predicted octanol–water partition coefficient (Wildman–Crippen LogP) is -3.95. The van der Waals surface area contributed by atoms with Crippen molar-refractivity contribution in [2.24, 2.45) is 35.0 Å². The third-order valence-corrected chi connectivity index (χ3v) is 10.0. The number of carbonyl (C=O) groups excluding carboxylic acids is 10. The van der Waals surface area contributed by atoms with Crippen LogP contribution in [0.15, 0.2) is 0 Å². The van der Waals surface area contributed by atoms with E-state index in [0.717, 1.165) is 0 Å². The Morgan fingerprint density at radius 1 is 0.515 bits per heavy atom. The second-order valence-electron chi connectivity index (χ2n) is 16.7. The first kappa shape index (κ1) is 59.9. The molecule has 0 aromatic carbocycles. The fraction of sp³-hybridized carbons (Fsp3) is 0.700. The van der Waals surface area contributed by atoms with Crippen LogP contribution in [-0.4, -0.2) is 149 Å². The predicted molar refractivity (Wildman–Crippen MR) is 239 cm³/mol. The van der Waals surface area contributed by atoms with Gasteiger partial charge in [-0.25, -0.2) is 4.79 Å². The summed E-state index contributed by atoms with van der Waals surface area (Å²) in [6, 6.07) is -9.52. The molecule has 0 radical (unpaired) electrons. The number of primary amides is 2. The summed E-state index contributed by atoms with van der Waals surface area (Å²) in [6.07, 6.45) is -0.430. The van der Waals surface area contributed by atoms with Gasteiger partial charge in [-0.05, 0) is 61.9 Å². The number of carbonyl (C=O) groups is 12. The fourth-order valence-corrected chi connectivity index (χ4v) is 6.46. The summed E-state index contributed by atoms with van der Waals surface area (Å²) >= 11 is 1.41. The summed E-state index contributed by atoms with van der Waals surface area (Å²) in [5, 5.41) is 37.6. The van der Waals surface area contributed by atoms with E-state index in [2.05, 4.69) is 42.5 Å². The highest BCUT2D eigenvalue weighted by molar-refractivity contribution is 7.98. The van der Waals surface area contributed by atoms with Crippen LogP contribution in [0.3, 0.4) is 0 Å². The van der Waals surface area contributed by atoms with Crippen molar-refractivity contribution in [3.63, 3.8) is 0 Å². The molecule has 0 aromatic rings. The van der Waals surface area contributed by atoms with Crippen LogP contribution in [0.2, 0.25) is 0 Å². The molecule has 0 saturated carbocycles. The van der Waals surface area contributed by atoms with Gasteiger partial charge in [0.15, 0.2) is 0 Å². The lowest BCUT2D eigenvalue weighted by Crippen LogP contribution is -2.58. The van der Waals surface area contributed by atoms with E-state index in [-0.39, 0.29) is 24.7 Å². The van der Waals surface area contributed by atoms with E-state index >= 15 is 0 Å². The zero-order chi connectivity index (χ0) is 50.8. The molecule has 0 fully saturated rings. The Kier molecular flexibility index (Phi) is 28.1. The van der Waals surface area contributed by atoms with Crippen molar-refractivity contribution in [1.82, 2.24) is 42.5 Å². The molecule has 0 aliphatic heterocycles. The molecular formula is C40H69N11O14S. The summed E-state index contributed by atoms with van der Waals surface area (Å²) in [5.74, 6) is -12.2. The number of carboxylic acid groups (broad SMARTS) is 2. The van der Waals surface area contributed by atoms with Crippen LogP contribution in [0.5, 0.6) is 0 Å². The van der Waals surface area contributed by atoms with Crippen molar-refractivity contribution in [2.75, 3.05) is 25.1 Å². The van der Waals surface area contributed by atoms with Crippen LogP contribution in [0.4, 0.5) is 0 Å². The molecule has 374 valence electrons. The first-order valence-corrected chi connectivity index (χ1v) is 22.7. The Hall–Kier alpha value is -6.05. The highest BCUT2D eigenvalue weighted by atomic mass is 32.2. The minimum Gasteiger partial charge on any atom is -0.481 e. The van der Waals surface area contributed by atoms with Gasteiger partial charge in [0.05, 0.1) is 25.6 Å². The molecule has 66 heavy (non-hydrogen) atoms. The fourth-order valence-electron chi connectivity index (χ4n) is 5.99. The molecule has 0 saturated heterocycles.